The largest absolute Gasteiger partial charge is 0.256 e. The number of hydrogen-bond acceptors (Lipinski definition) is 1. The van der Waals surface area contributed by atoms with Crippen LogP contribution in [0.3, 0.4) is 0 Å². The molecular weight excluding hydrogens is 326 g/mol. The first-order valence-electron chi connectivity index (χ1n) is 9.84. The van der Waals surface area contributed by atoms with Crippen LogP contribution in [0.5, 0.6) is 0 Å². The van der Waals surface area contributed by atoms with Crippen molar-refractivity contribution in [1.82, 2.24) is 4.98 Å². The summed E-state index contributed by atoms with van der Waals surface area (Å²) in [7, 11) is 0. The number of nitrogens with zero attached hydrogens (tertiary/aromatic N) is 1. The molecule has 3 aromatic carbocycles. The van der Waals surface area contributed by atoms with E-state index < -0.39 is 0 Å². The molecule has 4 rings (SSSR count). The molecule has 0 unspecified atom stereocenters. The summed E-state index contributed by atoms with van der Waals surface area (Å²) in [5, 5.41) is 1.20. The maximum atomic E-state index is 4.65. The highest BCUT2D eigenvalue weighted by Gasteiger charge is 2.12. The molecule has 1 nitrogen and oxygen atoms in total. The maximum absolute atomic E-state index is 4.65. The quantitative estimate of drug-likeness (QED) is 0.356. The molecule has 0 spiro atoms. The topological polar surface area (TPSA) is 12.9 Å². The Balaban J connectivity index is 0.000000614. The van der Waals surface area contributed by atoms with Crippen LogP contribution in [0.1, 0.15) is 33.3 Å². The Morgan fingerprint density at radius 3 is 1.67 bits per heavy atom. The molecule has 0 aliphatic carbocycles. The van der Waals surface area contributed by atoms with Crippen LogP contribution in [0.2, 0.25) is 0 Å². The number of benzene rings is 3. The van der Waals surface area contributed by atoms with Gasteiger partial charge >= 0.3 is 0 Å². The first kappa shape index (κ1) is 20.4. The van der Waals surface area contributed by atoms with Crippen LogP contribution in [-0.4, -0.2) is 4.98 Å². The van der Waals surface area contributed by atoms with Crippen molar-refractivity contribution in [2.24, 2.45) is 0 Å². The van der Waals surface area contributed by atoms with E-state index >= 15 is 0 Å². The molecule has 0 radical (unpaired) electrons. The van der Waals surface area contributed by atoms with Gasteiger partial charge in [0.05, 0.1) is 5.52 Å². The molecule has 0 saturated heterocycles. The van der Waals surface area contributed by atoms with Gasteiger partial charge in [0.1, 0.15) is 0 Å². The lowest BCUT2D eigenvalue weighted by atomic mass is 9.91. The van der Waals surface area contributed by atoms with Gasteiger partial charge in [-0.1, -0.05) is 94.4 Å². The van der Waals surface area contributed by atoms with Crippen LogP contribution in [0.4, 0.5) is 0 Å². The fourth-order valence-electron chi connectivity index (χ4n) is 3.15. The summed E-state index contributed by atoms with van der Waals surface area (Å²) in [6.45, 7) is 10.2. The molecule has 0 aliphatic rings. The van der Waals surface area contributed by atoms with Crippen LogP contribution >= 0.6 is 0 Å². The lowest BCUT2D eigenvalue weighted by Gasteiger charge is -2.14. The number of aryl methyl sites for hydroxylation is 1. The zero-order valence-electron chi connectivity index (χ0n) is 17.0. The smallest absolute Gasteiger partial charge is 0.0743 e. The van der Waals surface area contributed by atoms with Gasteiger partial charge in [0, 0.05) is 11.6 Å². The summed E-state index contributed by atoms with van der Waals surface area (Å²) >= 11 is 0. The van der Waals surface area contributed by atoms with E-state index in [9.17, 15) is 0 Å². The molecule has 1 aromatic heterocycles. The standard InChI is InChI=1S/C22H17N.2C2H6/c1-16-20(17-9-4-2-5-10-17)15-21(18-11-6-3-7-12-18)19-13-8-14-23-22(16)19;2*1-2/h2-15H,1H3;2*1-2H3. The van der Waals surface area contributed by atoms with Crippen LogP contribution in [0.15, 0.2) is 85.1 Å². The molecule has 4 aromatic rings. The van der Waals surface area contributed by atoms with Gasteiger partial charge in [-0.3, -0.25) is 4.98 Å². The second-order valence-corrected chi connectivity index (χ2v) is 5.73. The third kappa shape index (κ3) is 4.43. The van der Waals surface area contributed by atoms with Crippen molar-refractivity contribution in [3.63, 3.8) is 0 Å². The number of aromatic nitrogens is 1. The number of hydrogen-bond donors (Lipinski definition) is 0. The highest BCUT2D eigenvalue weighted by Crippen LogP contribution is 2.36. The highest BCUT2D eigenvalue weighted by atomic mass is 14.6. The fourth-order valence-corrected chi connectivity index (χ4v) is 3.15. The first-order valence-corrected chi connectivity index (χ1v) is 9.84. The average Bonchev–Trinajstić information content (AvgIpc) is 2.78. The molecule has 27 heavy (non-hydrogen) atoms. The third-order valence-electron chi connectivity index (χ3n) is 4.32. The van der Waals surface area contributed by atoms with E-state index in [1.807, 2.05) is 40.0 Å². The molecule has 0 bridgehead atoms. The van der Waals surface area contributed by atoms with E-state index in [4.69, 9.17) is 0 Å². The number of fused-ring (bicyclic) bond motifs is 1. The van der Waals surface area contributed by atoms with Gasteiger partial charge in [-0.05, 0) is 46.9 Å². The van der Waals surface area contributed by atoms with Crippen molar-refractivity contribution in [3.8, 4) is 22.3 Å². The van der Waals surface area contributed by atoms with Crippen LogP contribution < -0.4 is 0 Å². The molecule has 0 N–H and O–H groups in total. The Hall–Kier alpha value is -2.93. The second-order valence-electron chi connectivity index (χ2n) is 5.73. The van der Waals surface area contributed by atoms with Gasteiger partial charge in [-0.15, -0.1) is 0 Å². The average molecular weight is 356 g/mol. The third-order valence-corrected chi connectivity index (χ3v) is 4.32. The molecular formula is C26H29N. The summed E-state index contributed by atoms with van der Waals surface area (Å²) in [4.78, 5) is 4.65. The van der Waals surface area contributed by atoms with Crippen molar-refractivity contribution in [2.75, 3.05) is 0 Å². The van der Waals surface area contributed by atoms with Gasteiger partial charge in [0.15, 0.2) is 0 Å². The van der Waals surface area contributed by atoms with E-state index in [1.54, 1.807) is 0 Å². The van der Waals surface area contributed by atoms with Crippen LogP contribution in [0.25, 0.3) is 33.2 Å². The van der Waals surface area contributed by atoms with E-state index in [1.165, 1.54) is 33.2 Å². The number of pyridine rings is 1. The summed E-state index contributed by atoms with van der Waals surface area (Å²) in [6.07, 6.45) is 1.87. The zero-order chi connectivity index (χ0) is 19.6. The van der Waals surface area contributed by atoms with Crippen molar-refractivity contribution in [1.29, 1.82) is 0 Å². The van der Waals surface area contributed by atoms with Crippen molar-refractivity contribution in [2.45, 2.75) is 34.6 Å². The predicted molar refractivity (Wildman–Crippen MR) is 120 cm³/mol. The van der Waals surface area contributed by atoms with E-state index in [0.717, 1.165) is 5.52 Å². The Kier molecular flexibility index (Phi) is 7.76. The Morgan fingerprint density at radius 1 is 0.593 bits per heavy atom. The SMILES string of the molecule is CC.CC.Cc1c(-c2ccccc2)cc(-c2ccccc2)c2cccnc12. The van der Waals surface area contributed by atoms with Gasteiger partial charge in [0.25, 0.3) is 0 Å². The minimum absolute atomic E-state index is 1.08. The first-order chi connectivity index (χ1) is 13.3. The minimum atomic E-state index is 1.08. The van der Waals surface area contributed by atoms with Crippen LogP contribution in [0, 0.1) is 6.92 Å². The van der Waals surface area contributed by atoms with Gasteiger partial charge in [0.2, 0.25) is 0 Å². The van der Waals surface area contributed by atoms with Gasteiger partial charge < -0.3 is 0 Å². The van der Waals surface area contributed by atoms with E-state index in [-0.39, 0.29) is 0 Å². The monoisotopic (exact) mass is 355 g/mol. The molecule has 1 heterocycles. The Bertz CT molecular complexity index is 957. The maximum Gasteiger partial charge on any atom is 0.0743 e. The van der Waals surface area contributed by atoms with E-state index in [2.05, 4.69) is 84.7 Å². The molecule has 1 heteroatoms. The molecule has 0 atom stereocenters. The lowest BCUT2D eigenvalue weighted by Crippen LogP contribution is -1.92. The zero-order valence-corrected chi connectivity index (χ0v) is 17.0. The fraction of sp³-hybridized carbons (Fsp3) is 0.192. The second kappa shape index (κ2) is 10.3. The van der Waals surface area contributed by atoms with E-state index in [0.29, 0.717) is 0 Å². The minimum Gasteiger partial charge on any atom is -0.256 e. The Morgan fingerprint density at radius 2 is 1.11 bits per heavy atom. The Labute approximate surface area is 163 Å². The van der Waals surface area contributed by atoms with Gasteiger partial charge in [-0.2, -0.15) is 0 Å². The summed E-state index contributed by atoms with van der Waals surface area (Å²) < 4.78 is 0. The highest BCUT2D eigenvalue weighted by molar-refractivity contribution is 6.00. The summed E-state index contributed by atoms with van der Waals surface area (Å²) in [5.74, 6) is 0. The lowest BCUT2D eigenvalue weighted by molar-refractivity contribution is 1.36. The van der Waals surface area contributed by atoms with Crippen LogP contribution in [-0.2, 0) is 0 Å². The van der Waals surface area contributed by atoms with Gasteiger partial charge in [-0.25, -0.2) is 0 Å². The summed E-state index contributed by atoms with van der Waals surface area (Å²) in [5.41, 5.74) is 7.24. The molecule has 0 aliphatic heterocycles. The van der Waals surface area contributed by atoms with Crippen molar-refractivity contribution < 1.29 is 0 Å². The molecule has 0 amide bonds. The predicted octanol–water partition coefficient (Wildman–Crippen LogP) is 7.93. The normalized spacial score (nSPS) is 9.67. The molecule has 138 valence electrons. The van der Waals surface area contributed by atoms with Crippen molar-refractivity contribution in [3.05, 3.63) is 90.6 Å². The number of rotatable bonds is 2. The summed E-state index contributed by atoms with van der Waals surface area (Å²) in [6, 6.07) is 27.5. The molecule has 0 fully saturated rings. The molecule has 0 saturated carbocycles. The van der Waals surface area contributed by atoms with Crippen molar-refractivity contribution >= 4 is 10.9 Å².